The third-order valence-corrected chi connectivity index (χ3v) is 5.23. The van der Waals surface area contributed by atoms with Crippen molar-refractivity contribution in [3.63, 3.8) is 0 Å². The summed E-state index contributed by atoms with van der Waals surface area (Å²) in [7, 11) is 3.89. The molecule has 0 radical (unpaired) electrons. The van der Waals surface area contributed by atoms with E-state index in [0.717, 1.165) is 32.0 Å². The van der Waals surface area contributed by atoms with Crippen LogP contribution in [0, 0.1) is 5.82 Å². The Labute approximate surface area is 196 Å². The van der Waals surface area contributed by atoms with Gasteiger partial charge >= 0.3 is 0 Å². The second kappa shape index (κ2) is 12.0. The Morgan fingerprint density at radius 2 is 2.10 bits per heavy atom. The van der Waals surface area contributed by atoms with E-state index in [4.69, 9.17) is 0 Å². The molecule has 0 aliphatic carbocycles. The van der Waals surface area contributed by atoms with E-state index in [2.05, 4.69) is 63.7 Å². The molecule has 2 aromatic rings. The Morgan fingerprint density at radius 3 is 2.83 bits per heavy atom. The van der Waals surface area contributed by atoms with E-state index in [1.54, 1.807) is 19.3 Å². The van der Waals surface area contributed by atoms with Gasteiger partial charge in [-0.3, -0.25) is 4.99 Å². The number of aliphatic imine (C=N–C) groups is 1. The van der Waals surface area contributed by atoms with E-state index in [1.807, 2.05) is 4.90 Å². The molecule has 1 unspecified atom stereocenters. The van der Waals surface area contributed by atoms with Crippen molar-refractivity contribution in [3.8, 4) is 0 Å². The van der Waals surface area contributed by atoms with Crippen molar-refractivity contribution in [3.05, 3.63) is 59.5 Å². The van der Waals surface area contributed by atoms with Gasteiger partial charge in [-0.05, 0) is 43.3 Å². The molecule has 0 amide bonds. The summed E-state index contributed by atoms with van der Waals surface area (Å²) in [6.07, 6.45) is 2.54. The lowest BCUT2D eigenvalue weighted by atomic mass is 10.1. The number of guanidine groups is 1. The minimum absolute atomic E-state index is 0. The Morgan fingerprint density at radius 1 is 1.30 bits per heavy atom. The van der Waals surface area contributed by atoms with E-state index in [1.165, 1.54) is 17.2 Å². The molecule has 2 N–H and O–H groups in total. The summed E-state index contributed by atoms with van der Waals surface area (Å²) < 4.78 is 14.0. The summed E-state index contributed by atoms with van der Waals surface area (Å²) in [5.74, 6) is 0.910. The number of benzene rings is 1. The fourth-order valence-electron chi connectivity index (χ4n) is 3.52. The van der Waals surface area contributed by atoms with Crippen LogP contribution in [0.15, 0.2) is 47.6 Å². The van der Waals surface area contributed by atoms with Gasteiger partial charge < -0.3 is 20.4 Å². The fraction of sp³-hybridized carbons (Fsp3) is 0.455. The van der Waals surface area contributed by atoms with Gasteiger partial charge in [-0.25, -0.2) is 9.37 Å². The highest BCUT2D eigenvalue weighted by Crippen LogP contribution is 2.20. The summed E-state index contributed by atoms with van der Waals surface area (Å²) in [5, 5.41) is 6.84. The van der Waals surface area contributed by atoms with Crippen LogP contribution < -0.4 is 15.5 Å². The first-order valence-electron chi connectivity index (χ1n) is 10.2. The summed E-state index contributed by atoms with van der Waals surface area (Å²) in [6.45, 7) is 6.31. The first-order valence-corrected chi connectivity index (χ1v) is 10.2. The van der Waals surface area contributed by atoms with Gasteiger partial charge in [-0.2, -0.15) is 0 Å². The third kappa shape index (κ3) is 6.80. The Balaban J connectivity index is 0.00000320. The number of nitrogens with one attached hydrogen (secondary N) is 2. The maximum atomic E-state index is 14.0. The van der Waals surface area contributed by atoms with Crippen molar-refractivity contribution in [1.82, 2.24) is 20.5 Å². The Hall–Kier alpha value is -1.94. The maximum Gasteiger partial charge on any atom is 0.191 e. The molecule has 1 atom stereocenters. The molecule has 0 spiro atoms. The van der Waals surface area contributed by atoms with Gasteiger partial charge in [0.05, 0.1) is 0 Å². The van der Waals surface area contributed by atoms with Crippen LogP contribution in [0.3, 0.4) is 0 Å². The van der Waals surface area contributed by atoms with E-state index >= 15 is 0 Å². The monoisotopic (exact) mass is 526 g/mol. The Kier molecular flexibility index (Phi) is 9.77. The van der Waals surface area contributed by atoms with Crippen LogP contribution in [0.25, 0.3) is 0 Å². The molecule has 1 saturated heterocycles. The molecule has 2 heterocycles. The zero-order valence-corrected chi connectivity index (χ0v) is 20.3. The van der Waals surface area contributed by atoms with Gasteiger partial charge in [0.25, 0.3) is 0 Å². The van der Waals surface area contributed by atoms with Crippen LogP contribution in [-0.4, -0.2) is 55.6 Å². The van der Waals surface area contributed by atoms with Crippen LogP contribution in [0.5, 0.6) is 0 Å². The lowest BCUT2D eigenvalue weighted by Crippen LogP contribution is -2.44. The van der Waals surface area contributed by atoms with Crippen molar-refractivity contribution >= 4 is 35.8 Å². The standard InChI is InChI=1S/C22H31FN6.HI/c1-4-28(3)15-18-8-5-7-17(13-18)14-26-22(24-2)27-19-10-12-29(16-19)21-20(23)9-6-11-25-21;/h5-9,11,13,19H,4,10,12,14-16H2,1-3H3,(H2,24,26,27);1H. The molecule has 1 aliphatic rings. The smallest absolute Gasteiger partial charge is 0.191 e. The molecule has 3 rings (SSSR count). The molecule has 8 heteroatoms. The van der Waals surface area contributed by atoms with Gasteiger partial charge in [0.15, 0.2) is 17.6 Å². The van der Waals surface area contributed by atoms with E-state index in [0.29, 0.717) is 18.9 Å². The van der Waals surface area contributed by atoms with Crippen LogP contribution >= 0.6 is 24.0 Å². The number of rotatable bonds is 7. The zero-order chi connectivity index (χ0) is 20.6. The van der Waals surface area contributed by atoms with Gasteiger partial charge in [-0.15, -0.1) is 24.0 Å². The molecule has 0 bridgehead atoms. The SMILES string of the molecule is CCN(C)Cc1cccc(CNC(=NC)NC2CCN(c3ncccc3F)C2)c1.I. The second-order valence-corrected chi connectivity index (χ2v) is 7.46. The third-order valence-electron chi connectivity index (χ3n) is 5.23. The lowest BCUT2D eigenvalue weighted by Gasteiger charge is -2.20. The molecule has 1 aromatic heterocycles. The molecular weight excluding hydrogens is 494 g/mol. The topological polar surface area (TPSA) is 55.8 Å². The van der Waals surface area contributed by atoms with Gasteiger partial charge in [0.2, 0.25) is 0 Å². The van der Waals surface area contributed by atoms with Crippen LogP contribution in [0.4, 0.5) is 10.2 Å². The first-order chi connectivity index (χ1) is 14.1. The summed E-state index contributed by atoms with van der Waals surface area (Å²) in [5.41, 5.74) is 2.53. The molecule has 0 saturated carbocycles. The molecular formula is C22H32FIN6. The van der Waals surface area contributed by atoms with E-state index < -0.39 is 0 Å². The number of hydrogen-bond donors (Lipinski definition) is 2. The molecule has 30 heavy (non-hydrogen) atoms. The van der Waals surface area contributed by atoms with Gasteiger partial charge in [0, 0.05) is 45.5 Å². The molecule has 1 fully saturated rings. The lowest BCUT2D eigenvalue weighted by molar-refractivity contribution is 0.345. The minimum atomic E-state index is -0.274. The normalized spacial score (nSPS) is 16.5. The van der Waals surface area contributed by atoms with Crippen molar-refractivity contribution in [2.75, 3.05) is 38.6 Å². The second-order valence-electron chi connectivity index (χ2n) is 7.46. The van der Waals surface area contributed by atoms with E-state index in [-0.39, 0.29) is 35.8 Å². The summed E-state index contributed by atoms with van der Waals surface area (Å²) in [4.78, 5) is 12.8. The number of hydrogen-bond acceptors (Lipinski definition) is 4. The van der Waals surface area contributed by atoms with E-state index in [9.17, 15) is 4.39 Å². The van der Waals surface area contributed by atoms with Crippen LogP contribution in [0.1, 0.15) is 24.5 Å². The molecule has 1 aliphatic heterocycles. The molecule has 6 nitrogen and oxygen atoms in total. The number of anilines is 1. The maximum absolute atomic E-state index is 14.0. The van der Waals surface area contributed by atoms with Gasteiger partial charge in [-0.1, -0.05) is 31.2 Å². The molecule has 1 aromatic carbocycles. The van der Waals surface area contributed by atoms with Crippen molar-refractivity contribution in [2.45, 2.75) is 32.5 Å². The number of nitrogens with zero attached hydrogens (tertiary/aromatic N) is 4. The van der Waals surface area contributed by atoms with Crippen LogP contribution in [0.2, 0.25) is 0 Å². The largest absolute Gasteiger partial charge is 0.352 e. The number of halogens is 2. The quantitative estimate of drug-likeness (QED) is 0.330. The number of aromatic nitrogens is 1. The van der Waals surface area contributed by atoms with Gasteiger partial charge in [0.1, 0.15) is 0 Å². The first kappa shape index (κ1) is 24.3. The minimum Gasteiger partial charge on any atom is -0.352 e. The highest BCUT2D eigenvalue weighted by atomic mass is 127. The average molecular weight is 526 g/mol. The summed E-state index contributed by atoms with van der Waals surface area (Å²) >= 11 is 0. The van der Waals surface area contributed by atoms with Crippen LogP contribution in [-0.2, 0) is 13.1 Å². The predicted octanol–water partition coefficient (Wildman–Crippen LogP) is 3.23. The van der Waals surface area contributed by atoms with Crippen molar-refractivity contribution in [1.29, 1.82) is 0 Å². The fourth-order valence-corrected chi connectivity index (χ4v) is 3.52. The van der Waals surface area contributed by atoms with Crippen molar-refractivity contribution in [2.24, 2.45) is 4.99 Å². The van der Waals surface area contributed by atoms with Crippen molar-refractivity contribution < 1.29 is 4.39 Å². The zero-order valence-electron chi connectivity index (χ0n) is 17.9. The predicted molar refractivity (Wildman–Crippen MR) is 132 cm³/mol. The average Bonchev–Trinajstić information content (AvgIpc) is 3.20. The summed E-state index contributed by atoms with van der Waals surface area (Å²) in [6, 6.07) is 11.9. The molecule has 164 valence electrons. The highest BCUT2D eigenvalue weighted by molar-refractivity contribution is 14.0. The number of pyridine rings is 1. The Bertz CT molecular complexity index is 831. The highest BCUT2D eigenvalue weighted by Gasteiger charge is 2.25.